The van der Waals surface area contributed by atoms with Gasteiger partial charge in [0.25, 0.3) is 0 Å². The summed E-state index contributed by atoms with van der Waals surface area (Å²) in [6, 6.07) is 3.60. The van der Waals surface area contributed by atoms with Crippen molar-refractivity contribution in [1.82, 2.24) is 4.98 Å². The van der Waals surface area contributed by atoms with Crippen LogP contribution in [0.25, 0.3) is 0 Å². The Morgan fingerprint density at radius 3 is 2.90 bits per heavy atom. The van der Waals surface area contributed by atoms with E-state index in [4.69, 9.17) is 10.8 Å². The molecule has 1 heterocycles. The highest BCUT2D eigenvalue weighted by molar-refractivity contribution is 5.18. The first-order valence-electron chi connectivity index (χ1n) is 3.12. The van der Waals surface area contributed by atoms with Crippen molar-refractivity contribution in [2.24, 2.45) is 5.73 Å². The molecule has 0 aliphatic heterocycles. The van der Waals surface area contributed by atoms with Crippen molar-refractivity contribution in [2.45, 2.75) is 13.2 Å². The molecule has 3 N–H and O–H groups in total. The molecule has 10 heavy (non-hydrogen) atoms. The van der Waals surface area contributed by atoms with E-state index in [2.05, 4.69) is 4.98 Å². The van der Waals surface area contributed by atoms with Crippen LogP contribution < -0.4 is 5.73 Å². The monoisotopic (exact) mass is 138 g/mol. The Balaban J connectivity index is 2.96. The fourth-order valence-electron chi connectivity index (χ4n) is 0.799. The average molecular weight is 138 g/mol. The molecular weight excluding hydrogens is 128 g/mol. The smallest absolute Gasteiger partial charge is 0.0700 e. The summed E-state index contributed by atoms with van der Waals surface area (Å²) in [6.45, 7) is 0.400. The zero-order chi connectivity index (χ0) is 7.40. The van der Waals surface area contributed by atoms with Gasteiger partial charge in [-0.3, -0.25) is 4.98 Å². The highest BCUT2D eigenvalue weighted by atomic mass is 16.3. The SMILES string of the molecule is NCc1ncccc1CO. The topological polar surface area (TPSA) is 59.1 Å². The second-order valence-electron chi connectivity index (χ2n) is 1.97. The van der Waals surface area contributed by atoms with Gasteiger partial charge in [-0.05, 0) is 6.07 Å². The maximum absolute atomic E-state index is 8.75. The van der Waals surface area contributed by atoms with Crippen molar-refractivity contribution >= 4 is 0 Å². The number of hydrogen-bond acceptors (Lipinski definition) is 3. The summed E-state index contributed by atoms with van der Waals surface area (Å²) in [6.07, 6.45) is 1.67. The third-order valence-corrected chi connectivity index (χ3v) is 1.35. The molecule has 0 saturated heterocycles. The lowest BCUT2D eigenvalue weighted by molar-refractivity contribution is 0.280. The van der Waals surface area contributed by atoms with Crippen molar-refractivity contribution in [3.63, 3.8) is 0 Å². The third-order valence-electron chi connectivity index (χ3n) is 1.35. The van der Waals surface area contributed by atoms with E-state index in [1.54, 1.807) is 12.3 Å². The number of nitrogens with two attached hydrogens (primary N) is 1. The molecule has 0 radical (unpaired) electrons. The minimum Gasteiger partial charge on any atom is -0.392 e. The number of nitrogens with zero attached hydrogens (tertiary/aromatic N) is 1. The molecule has 0 fully saturated rings. The van der Waals surface area contributed by atoms with Crippen molar-refractivity contribution < 1.29 is 5.11 Å². The first-order chi connectivity index (χ1) is 4.88. The molecule has 0 bridgehead atoms. The largest absolute Gasteiger partial charge is 0.392 e. The molecule has 0 saturated carbocycles. The molecule has 3 heteroatoms. The average Bonchev–Trinajstić information content (AvgIpc) is 2.04. The van der Waals surface area contributed by atoms with Gasteiger partial charge < -0.3 is 10.8 Å². The number of rotatable bonds is 2. The van der Waals surface area contributed by atoms with Gasteiger partial charge in [0, 0.05) is 18.3 Å². The van der Waals surface area contributed by atoms with Gasteiger partial charge in [-0.2, -0.15) is 0 Å². The summed E-state index contributed by atoms with van der Waals surface area (Å²) in [5.74, 6) is 0. The van der Waals surface area contributed by atoms with E-state index >= 15 is 0 Å². The fourth-order valence-corrected chi connectivity index (χ4v) is 0.799. The number of hydrogen-bond donors (Lipinski definition) is 2. The molecule has 0 aliphatic carbocycles. The maximum atomic E-state index is 8.75. The maximum Gasteiger partial charge on any atom is 0.0700 e. The van der Waals surface area contributed by atoms with Crippen LogP contribution in [0.2, 0.25) is 0 Å². The van der Waals surface area contributed by atoms with Gasteiger partial charge in [-0.25, -0.2) is 0 Å². The van der Waals surface area contributed by atoms with Crippen LogP contribution in [0.4, 0.5) is 0 Å². The Hall–Kier alpha value is -0.930. The van der Waals surface area contributed by atoms with Crippen LogP contribution in [0.15, 0.2) is 18.3 Å². The predicted molar refractivity (Wildman–Crippen MR) is 38.1 cm³/mol. The van der Waals surface area contributed by atoms with E-state index in [0.29, 0.717) is 6.54 Å². The zero-order valence-corrected chi connectivity index (χ0v) is 5.62. The van der Waals surface area contributed by atoms with E-state index in [1.165, 1.54) is 0 Å². The number of aliphatic hydroxyl groups is 1. The Kier molecular flexibility index (Phi) is 2.36. The normalized spacial score (nSPS) is 9.80. The minimum atomic E-state index is 0.0143. The van der Waals surface area contributed by atoms with Gasteiger partial charge in [-0.1, -0.05) is 6.07 Å². The molecule has 0 aromatic carbocycles. The number of pyridine rings is 1. The molecule has 1 rings (SSSR count). The van der Waals surface area contributed by atoms with Gasteiger partial charge in [0.05, 0.1) is 12.3 Å². The van der Waals surface area contributed by atoms with E-state index in [9.17, 15) is 0 Å². The molecule has 0 atom stereocenters. The molecule has 0 amide bonds. The molecular formula is C7H10N2O. The van der Waals surface area contributed by atoms with Crippen LogP contribution in [0.1, 0.15) is 11.3 Å². The highest BCUT2D eigenvalue weighted by Gasteiger charge is 1.96. The molecule has 3 nitrogen and oxygen atoms in total. The Labute approximate surface area is 59.5 Å². The number of aromatic nitrogens is 1. The van der Waals surface area contributed by atoms with Crippen LogP contribution in [-0.2, 0) is 13.2 Å². The molecule has 1 aromatic rings. The molecule has 0 aliphatic rings. The van der Waals surface area contributed by atoms with Crippen LogP contribution >= 0.6 is 0 Å². The standard InChI is InChI=1S/C7H10N2O/c8-4-7-6(5-10)2-1-3-9-7/h1-3,10H,4-5,8H2. The second kappa shape index (κ2) is 3.29. The van der Waals surface area contributed by atoms with Crippen LogP contribution in [0.3, 0.4) is 0 Å². The van der Waals surface area contributed by atoms with E-state index < -0.39 is 0 Å². The first-order valence-corrected chi connectivity index (χ1v) is 3.12. The van der Waals surface area contributed by atoms with Crippen molar-refractivity contribution in [2.75, 3.05) is 0 Å². The van der Waals surface area contributed by atoms with Crippen LogP contribution in [-0.4, -0.2) is 10.1 Å². The van der Waals surface area contributed by atoms with E-state index in [0.717, 1.165) is 11.3 Å². The lowest BCUT2D eigenvalue weighted by Crippen LogP contribution is -2.03. The summed E-state index contributed by atoms with van der Waals surface area (Å²) in [5, 5.41) is 8.75. The summed E-state index contributed by atoms with van der Waals surface area (Å²) >= 11 is 0. The zero-order valence-electron chi connectivity index (χ0n) is 5.62. The lowest BCUT2D eigenvalue weighted by Gasteiger charge is -2.00. The predicted octanol–water partition coefficient (Wildman–Crippen LogP) is 0.0326. The summed E-state index contributed by atoms with van der Waals surface area (Å²) in [7, 11) is 0. The minimum absolute atomic E-state index is 0.0143. The number of aliphatic hydroxyl groups excluding tert-OH is 1. The lowest BCUT2D eigenvalue weighted by atomic mass is 10.2. The Morgan fingerprint density at radius 1 is 1.60 bits per heavy atom. The Bertz CT molecular complexity index is 190. The van der Waals surface area contributed by atoms with Crippen molar-refractivity contribution in [1.29, 1.82) is 0 Å². The highest BCUT2D eigenvalue weighted by Crippen LogP contribution is 2.02. The van der Waals surface area contributed by atoms with Gasteiger partial charge >= 0.3 is 0 Å². The molecule has 0 spiro atoms. The quantitative estimate of drug-likeness (QED) is 0.606. The summed E-state index contributed by atoms with van der Waals surface area (Å²) in [4.78, 5) is 3.98. The van der Waals surface area contributed by atoms with E-state index in [1.807, 2.05) is 6.07 Å². The molecule has 1 aromatic heterocycles. The van der Waals surface area contributed by atoms with Gasteiger partial charge in [0.15, 0.2) is 0 Å². The van der Waals surface area contributed by atoms with Gasteiger partial charge in [-0.15, -0.1) is 0 Å². The van der Waals surface area contributed by atoms with Crippen molar-refractivity contribution in [3.8, 4) is 0 Å². The van der Waals surface area contributed by atoms with Gasteiger partial charge in [0.2, 0.25) is 0 Å². The van der Waals surface area contributed by atoms with Crippen LogP contribution in [0.5, 0.6) is 0 Å². The first kappa shape index (κ1) is 7.18. The van der Waals surface area contributed by atoms with Gasteiger partial charge in [0.1, 0.15) is 0 Å². The fraction of sp³-hybridized carbons (Fsp3) is 0.286. The Morgan fingerprint density at radius 2 is 2.40 bits per heavy atom. The van der Waals surface area contributed by atoms with Crippen molar-refractivity contribution in [3.05, 3.63) is 29.6 Å². The second-order valence-corrected chi connectivity index (χ2v) is 1.97. The molecule has 0 unspecified atom stereocenters. The van der Waals surface area contributed by atoms with E-state index in [-0.39, 0.29) is 6.61 Å². The summed E-state index contributed by atoms with van der Waals surface area (Å²) < 4.78 is 0. The summed E-state index contributed by atoms with van der Waals surface area (Å²) in [5.41, 5.74) is 6.93. The van der Waals surface area contributed by atoms with Crippen LogP contribution in [0, 0.1) is 0 Å². The molecule has 54 valence electrons. The third kappa shape index (κ3) is 1.32.